The first-order valence-electron chi connectivity index (χ1n) is 7.97. The number of ether oxygens (including phenoxy) is 4. The van der Waals surface area contributed by atoms with Gasteiger partial charge in [-0.25, -0.2) is 14.0 Å². The van der Waals surface area contributed by atoms with Gasteiger partial charge in [-0.2, -0.15) is 0 Å². The third kappa shape index (κ3) is 9.94. The number of carbonyl (C=O) groups excluding carboxylic acids is 2. The van der Waals surface area contributed by atoms with Gasteiger partial charge >= 0.3 is 19.9 Å². The molecule has 0 spiro atoms. The molecule has 0 fully saturated rings. The van der Waals surface area contributed by atoms with Crippen molar-refractivity contribution in [2.45, 2.75) is 66.6 Å². The predicted molar refractivity (Wildman–Crippen MR) is 89.3 cm³/mol. The van der Waals surface area contributed by atoms with Gasteiger partial charge in [-0.05, 0) is 27.7 Å². The van der Waals surface area contributed by atoms with Gasteiger partial charge in [0.1, 0.15) is 0 Å². The molecule has 0 saturated heterocycles. The van der Waals surface area contributed by atoms with Crippen molar-refractivity contribution in [3.8, 4) is 0 Å². The first-order valence-corrected chi connectivity index (χ1v) is 9.58. The standard InChI is InChI=1S/C15H28FO9P/c1-10(2)24-13(17)20-8-22-26(19,12(16)15(5,6)7)23-9-21-14(18)25-11(3)4/h10-12H,8-9H2,1-7H3. The topological polar surface area (TPSA) is 107 Å². The van der Waals surface area contributed by atoms with Gasteiger partial charge in [0.05, 0.1) is 12.2 Å². The van der Waals surface area contributed by atoms with Crippen LogP contribution in [0.15, 0.2) is 0 Å². The highest BCUT2D eigenvalue weighted by molar-refractivity contribution is 7.54. The molecule has 0 aromatic heterocycles. The SMILES string of the molecule is CC(C)OC(=O)OCOP(=O)(OCOC(=O)OC(C)C)C(F)C(C)(C)C. The zero-order valence-corrected chi connectivity index (χ0v) is 17.0. The molecular formula is C15H28FO9P. The van der Waals surface area contributed by atoms with Gasteiger partial charge in [0, 0.05) is 5.41 Å². The molecule has 0 bridgehead atoms. The summed E-state index contributed by atoms with van der Waals surface area (Å²) in [5.74, 6) is -2.08. The van der Waals surface area contributed by atoms with E-state index in [9.17, 15) is 18.5 Å². The van der Waals surface area contributed by atoms with Crippen LogP contribution in [0.1, 0.15) is 48.5 Å². The fraction of sp³-hybridized carbons (Fsp3) is 0.867. The Bertz CT molecular complexity index is 470. The Morgan fingerprint density at radius 1 is 0.885 bits per heavy atom. The van der Waals surface area contributed by atoms with Gasteiger partial charge in [0.2, 0.25) is 19.5 Å². The van der Waals surface area contributed by atoms with Crippen LogP contribution in [0.2, 0.25) is 0 Å². The molecule has 0 heterocycles. The largest absolute Gasteiger partial charge is 0.510 e. The first kappa shape index (κ1) is 24.6. The lowest BCUT2D eigenvalue weighted by Gasteiger charge is -2.29. The van der Waals surface area contributed by atoms with Crippen molar-refractivity contribution < 1.29 is 46.5 Å². The Labute approximate surface area is 152 Å². The van der Waals surface area contributed by atoms with E-state index in [-0.39, 0.29) is 0 Å². The number of rotatable bonds is 9. The molecule has 154 valence electrons. The van der Waals surface area contributed by atoms with E-state index in [1.54, 1.807) is 27.7 Å². The molecule has 26 heavy (non-hydrogen) atoms. The quantitative estimate of drug-likeness (QED) is 0.311. The Hall–Kier alpha value is -1.38. The average Bonchev–Trinajstić information content (AvgIpc) is 2.43. The summed E-state index contributed by atoms with van der Waals surface area (Å²) in [7, 11) is -4.44. The maximum Gasteiger partial charge on any atom is 0.510 e. The number of carbonyl (C=O) groups is 2. The maximum absolute atomic E-state index is 14.6. The van der Waals surface area contributed by atoms with Crippen LogP contribution in [0.25, 0.3) is 0 Å². The van der Waals surface area contributed by atoms with Crippen LogP contribution >= 0.6 is 7.60 Å². The Morgan fingerprint density at radius 3 is 1.50 bits per heavy atom. The van der Waals surface area contributed by atoms with Crippen LogP contribution in [0, 0.1) is 5.41 Å². The highest BCUT2D eigenvalue weighted by Crippen LogP contribution is 2.59. The van der Waals surface area contributed by atoms with E-state index in [1.807, 2.05) is 0 Å². The maximum atomic E-state index is 14.6. The molecule has 1 atom stereocenters. The molecule has 0 aromatic carbocycles. The van der Waals surface area contributed by atoms with Crippen LogP contribution in [0.5, 0.6) is 0 Å². The van der Waals surface area contributed by atoms with E-state index in [2.05, 4.69) is 9.47 Å². The summed E-state index contributed by atoms with van der Waals surface area (Å²) in [6.45, 7) is 9.07. The minimum Gasteiger partial charge on any atom is -0.432 e. The molecule has 0 aromatic rings. The van der Waals surface area contributed by atoms with Crippen LogP contribution in [0.3, 0.4) is 0 Å². The van der Waals surface area contributed by atoms with Gasteiger partial charge in [-0.3, -0.25) is 13.6 Å². The highest BCUT2D eigenvalue weighted by Gasteiger charge is 2.45. The molecule has 9 nitrogen and oxygen atoms in total. The van der Waals surface area contributed by atoms with E-state index in [4.69, 9.17) is 18.5 Å². The predicted octanol–water partition coefficient (Wildman–Crippen LogP) is 4.59. The minimum atomic E-state index is -4.44. The second-order valence-corrected chi connectivity index (χ2v) is 8.91. The van der Waals surface area contributed by atoms with Crippen molar-refractivity contribution >= 4 is 19.9 Å². The minimum absolute atomic E-state index is 0.436. The van der Waals surface area contributed by atoms with Crippen LogP contribution < -0.4 is 0 Å². The molecule has 11 heteroatoms. The number of hydrogen-bond donors (Lipinski definition) is 0. The Balaban J connectivity index is 4.79. The van der Waals surface area contributed by atoms with Gasteiger partial charge in [0.25, 0.3) is 0 Å². The number of hydrogen-bond acceptors (Lipinski definition) is 9. The summed E-state index contributed by atoms with van der Waals surface area (Å²) in [6.07, 6.45) is -3.02. The van der Waals surface area contributed by atoms with Crippen molar-refractivity contribution in [1.29, 1.82) is 0 Å². The molecular weight excluding hydrogens is 374 g/mol. The average molecular weight is 402 g/mol. The summed E-state index contributed by atoms with van der Waals surface area (Å²) in [6, 6.07) is 0. The Kier molecular flexibility index (Phi) is 10.1. The van der Waals surface area contributed by atoms with Crippen LogP contribution in [-0.2, 0) is 32.6 Å². The number of halogens is 1. The molecule has 0 radical (unpaired) electrons. The van der Waals surface area contributed by atoms with Gasteiger partial charge < -0.3 is 18.9 Å². The summed E-state index contributed by atoms with van der Waals surface area (Å²) >= 11 is 0. The third-order valence-corrected chi connectivity index (χ3v) is 4.74. The van der Waals surface area contributed by atoms with Crippen molar-refractivity contribution in [2.24, 2.45) is 5.41 Å². The highest BCUT2D eigenvalue weighted by atomic mass is 31.2. The fourth-order valence-electron chi connectivity index (χ4n) is 1.39. The lowest BCUT2D eigenvalue weighted by Crippen LogP contribution is -2.26. The summed E-state index contributed by atoms with van der Waals surface area (Å²) in [4.78, 5) is 22.6. The van der Waals surface area contributed by atoms with Gasteiger partial charge in [0.15, 0.2) is 0 Å². The van der Waals surface area contributed by atoms with Crippen molar-refractivity contribution in [1.82, 2.24) is 0 Å². The van der Waals surface area contributed by atoms with E-state index < -0.39 is 57.0 Å². The Morgan fingerprint density at radius 2 is 1.23 bits per heavy atom. The zero-order valence-electron chi connectivity index (χ0n) is 16.1. The zero-order chi connectivity index (χ0) is 20.5. The molecule has 0 aliphatic rings. The first-order chi connectivity index (χ1) is 11.8. The lowest BCUT2D eigenvalue weighted by atomic mass is 9.99. The van der Waals surface area contributed by atoms with E-state index in [0.717, 1.165) is 0 Å². The normalized spacial score (nSPS) is 13.5. The summed E-state index contributed by atoms with van der Waals surface area (Å²) < 4.78 is 55.4. The van der Waals surface area contributed by atoms with E-state index in [1.165, 1.54) is 20.8 Å². The molecule has 0 N–H and O–H groups in total. The molecule has 0 aliphatic carbocycles. The molecule has 0 saturated carbocycles. The van der Waals surface area contributed by atoms with Crippen LogP contribution in [-0.4, -0.2) is 44.0 Å². The van der Waals surface area contributed by atoms with Gasteiger partial charge in [-0.15, -0.1) is 0 Å². The second-order valence-electron chi connectivity index (χ2n) is 6.86. The van der Waals surface area contributed by atoms with Crippen LogP contribution in [0.4, 0.5) is 14.0 Å². The van der Waals surface area contributed by atoms with E-state index in [0.29, 0.717) is 0 Å². The lowest BCUT2D eigenvalue weighted by molar-refractivity contribution is -0.0363. The van der Waals surface area contributed by atoms with Crippen molar-refractivity contribution in [2.75, 3.05) is 13.6 Å². The van der Waals surface area contributed by atoms with E-state index >= 15 is 0 Å². The van der Waals surface area contributed by atoms with Crippen molar-refractivity contribution in [3.63, 3.8) is 0 Å². The summed E-state index contributed by atoms with van der Waals surface area (Å²) in [5, 5.41) is 0. The molecule has 0 amide bonds. The second kappa shape index (κ2) is 10.7. The monoisotopic (exact) mass is 402 g/mol. The molecule has 1 unspecified atom stereocenters. The third-order valence-electron chi connectivity index (χ3n) is 2.47. The molecule has 0 aliphatic heterocycles. The fourth-order valence-corrected chi connectivity index (χ4v) is 3.08. The molecule has 0 rings (SSSR count). The smallest absolute Gasteiger partial charge is 0.432 e. The van der Waals surface area contributed by atoms with Gasteiger partial charge in [-0.1, -0.05) is 20.8 Å². The number of alkyl halides is 1. The summed E-state index contributed by atoms with van der Waals surface area (Å²) in [5.41, 5.74) is -1.12. The van der Waals surface area contributed by atoms with Crippen molar-refractivity contribution in [3.05, 3.63) is 0 Å².